The van der Waals surface area contributed by atoms with Crippen LogP contribution in [0.4, 0.5) is 17.1 Å². The standard InChI is InChI=1S/C59H39NO/c1-5-17-40(18-6-1)43-35-44(41-19-7-2-8-20-41)37-49(36-43)60(48-31-34-53-52-27-15-16-28-56(52)61-57(53)39-48)47-30-33-51-54-32-29-42-21-13-14-26-50(42)58(54)59(55(51)38-47,45-22-9-3-10-23-45)46-24-11-4-12-25-46/h1-39H. The van der Waals surface area contributed by atoms with Gasteiger partial charge in [0.15, 0.2) is 0 Å². The van der Waals surface area contributed by atoms with Crippen molar-refractivity contribution in [2.45, 2.75) is 5.41 Å². The van der Waals surface area contributed by atoms with Crippen LogP contribution in [0.25, 0.3) is 66.1 Å². The first-order valence-corrected chi connectivity index (χ1v) is 21.0. The average Bonchev–Trinajstić information content (AvgIpc) is 3.86. The summed E-state index contributed by atoms with van der Waals surface area (Å²) < 4.78 is 6.58. The number of furan rings is 1. The predicted octanol–water partition coefficient (Wildman–Crippen LogP) is 15.9. The zero-order chi connectivity index (χ0) is 40.3. The molecule has 61 heavy (non-hydrogen) atoms. The van der Waals surface area contributed by atoms with Crippen LogP contribution in [0.15, 0.2) is 241 Å². The monoisotopic (exact) mass is 777 g/mol. The van der Waals surface area contributed by atoms with E-state index in [2.05, 4.69) is 235 Å². The van der Waals surface area contributed by atoms with E-state index in [0.29, 0.717) is 0 Å². The highest BCUT2D eigenvalue weighted by molar-refractivity contribution is 6.06. The van der Waals surface area contributed by atoms with Crippen molar-refractivity contribution >= 4 is 49.8 Å². The zero-order valence-corrected chi connectivity index (χ0v) is 33.4. The number of para-hydroxylation sites is 1. The van der Waals surface area contributed by atoms with Gasteiger partial charge in [0, 0.05) is 33.9 Å². The third-order valence-electron chi connectivity index (χ3n) is 12.7. The van der Waals surface area contributed by atoms with E-state index in [1.54, 1.807) is 0 Å². The molecule has 1 aliphatic rings. The fraction of sp³-hybridized carbons (Fsp3) is 0.0169. The fourth-order valence-corrected chi connectivity index (χ4v) is 10.0. The highest BCUT2D eigenvalue weighted by Gasteiger charge is 2.47. The molecule has 0 saturated heterocycles. The molecule has 0 aliphatic heterocycles. The van der Waals surface area contributed by atoms with Gasteiger partial charge in [-0.2, -0.15) is 0 Å². The van der Waals surface area contributed by atoms with Gasteiger partial charge < -0.3 is 9.32 Å². The van der Waals surface area contributed by atoms with Crippen LogP contribution in [-0.4, -0.2) is 0 Å². The van der Waals surface area contributed by atoms with Crippen molar-refractivity contribution in [3.8, 4) is 33.4 Å². The topological polar surface area (TPSA) is 16.4 Å². The van der Waals surface area contributed by atoms with Crippen LogP contribution < -0.4 is 4.90 Å². The van der Waals surface area contributed by atoms with E-state index in [9.17, 15) is 0 Å². The third kappa shape index (κ3) is 5.57. The molecule has 0 radical (unpaired) electrons. The van der Waals surface area contributed by atoms with Crippen LogP contribution >= 0.6 is 0 Å². The lowest BCUT2D eigenvalue weighted by atomic mass is 9.66. The van der Waals surface area contributed by atoms with E-state index < -0.39 is 5.41 Å². The van der Waals surface area contributed by atoms with Gasteiger partial charge >= 0.3 is 0 Å². The van der Waals surface area contributed by atoms with Gasteiger partial charge in [-0.1, -0.05) is 182 Å². The summed E-state index contributed by atoms with van der Waals surface area (Å²) in [5.74, 6) is 0. The lowest BCUT2D eigenvalue weighted by Gasteiger charge is -2.35. The lowest BCUT2D eigenvalue weighted by Crippen LogP contribution is -2.29. The van der Waals surface area contributed by atoms with E-state index in [-0.39, 0.29) is 0 Å². The first kappa shape index (κ1) is 35.0. The molecule has 0 atom stereocenters. The highest BCUT2D eigenvalue weighted by Crippen LogP contribution is 2.59. The summed E-state index contributed by atoms with van der Waals surface area (Å²) in [4.78, 5) is 2.42. The Morgan fingerprint density at radius 3 is 1.52 bits per heavy atom. The predicted molar refractivity (Wildman–Crippen MR) is 254 cm³/mol. The third-order valence-corrected chi connectivity index (χ3v) is 12.7. The summed E-state index contributed by atoms with van der Waals surface area (Å²) in [5.41, 5.74) is 16.5. The van der Waals surface area contributed by atoms with Gasteiger partial charge in [0.1, 0.15) is 11.2 Å². The maximum absolute atomic E-state index is 6.58. The van der Waals surface area contributed by atoms with Crippen LogP contribution in [0, 0.1) is 0 Å². The van der Waals surface area contributed by atoms with Crippen LogP contribution in [0.5, 0.6) is 0 Å². The van der Waals surface area contributed by atoms with Crippen molar-refractivity contribution in [2.75, 3.05) is 4.90 Å². The summed E-state index contributed by atoms with van der Waals surface area (Å²) in [6.45, 7) is 0. The summed E-state index contributed by atoms with van der Waals surface area (Å²) >= 11 is 0. The maximum Gasteiger partial charge on any atom is 0.137 e. The Hall–Kier alpha value is -7.94. The SMILES string of the molecule is c1ccc(-c2cc(-c3ccccc3)cc(N(c3ccc4c(c3)C(c3ccccc3)(c3ccccc3)c3c-4ccc4ccccc34)c3ccc4c(c3)oc3ccccc34)c2)cc1. The minimum absolute atomic E-state index is 0.598. The van der Waals surface area contributed by atoms with Crippen molar-refractivity contribution < 1.29 is 4.42 Å². The molecular weight excluding hydrogens is 739 g/mol. The summed E-state index contributed by atoms with van der Waals surface area (Å²) in [6, 6.07) is 86.2. The summed E-state index contributed by atoms with van der Waals surface area (Å²) in [7, 11) is 0. The first-order valence-electron chi connectivity index (χ1n) is 21.0. The molecule has 286 valence electrons. The number of benzene rings is 10. The summed E-state index contributed by atoms with van der Waals surface area (Å²) in [6.07, 6.45) is 0. The number of rotatable bonds is 7. The van der Waals surface area contributed by atoms with Gasteiger partial charge in [-0.25, -0.2) is 0 Å². The molecule has 12 rings (SSSR count). The first-order chi connectivity index (χ1) is 30.2. The number of fused-ring (bicyclic) bond motifs is 8. The second-order valence-corrected chi connectivity index (χ2v) is 16.0. The molecule has 0 bridgehead atoms. The van der Waals surface area contributed by atoms with Crippen molar-refractivity contribution in [3.63, 3.8) is 0 Å². The molecule has 0 unspecified atom stereocenters. The quantitative estimate of drug-likeness (QED) is 0.160. The lowest BCUT2D eigenvalue weighted by molar-refractivity contribution is 0.669. The fourth-order valence-electron chi connectivity index (χ4n) is 10.0. The molecule has 1 heterocycles. The van der Waals surface area contributed by atoms with Gasteiger partial charge in [-0.3, -0.25) is 0 Å². The molecule has 2 nitrogen and oxygen atoms in total. The van der Waals surface area contributed by atoms with E-state index in [1.807, 2.05) is 6.07 Å². The molecule has 0 spiro atoms. The summed E-state index contributed by atoms with van der Waals surface area (Å²) in [5, 5.41) is 4.72. The van der Waals surface area contributed by atoms with Crippen molar-refractivity contribution in [3.05, 3.63) is 259 Å². The van der Waals surface area contributed by atoms with Crippen molar-refractivity contribution in [1.82, 2.24) is 0 Å². The largest absolute Gasteiger partial charge is 0.456 e. The van der Waals surface area contributed by atoms with Gasteiger partial charge in [0.25, 0.3) is 0 Å². The second-order valence-electron chi connectivity index (χ2n) is 16.0. The maximum atomic E-state index is 6.58. The molecule has 0 amide bonds. The Kier molecular flexibility index (Phi) is 8.11. The molecule has 0 saturated carbocycles. The Balaban J connectivity index is 1.17. The van der Waals surface area contributed by atoms with E-state index in [1.165, 1.54) is 44.2 Å². The van der Waals surface area contributed by atoms with Crippen LogP contribution in [0.3, 0.4) is 0 Å². The Morgan fingerprint density at radius 1 is 0.328 bits per heavy atom. The molecule has 10 aromatic carbocycles. The minimum Gasteiger partial charge on any atom is -0.456 e. The molecule has 1 aromatic heterocycles. The molecule has 11 aromatic rings. The molecule has 0 fully saturated rings. The number of anilines is 3. The molecular formula is C59H39NO. The smallest absolute Gasteiger partial charge is 0.137 e. The zero-order valence-electron chi connectivity index (χ0n) is 33.4. The number of hydrogen-bond acceptors (Lipinski definition) is 2. The van der Waals surface area contributed by atoms with E-state index in [4.69, 9.17) is 4.42 Å². The highest BCUT2D eigenvalue weighted by atomic mass is 16.3. The Labute approximate surface area is 355 Å². The van der Waals surface area contributed by atoms with Crippen molar-refractivity contribution in [2.24, 2.45) is 0 Å². The van der Waals surface area contributed by atoms with E-state index >= 15 is 0 Å². The van der Waals surface area contributed by atoms with Gasteiger partial charge in [0.05, 0.1) is 5.41 Å². The molecule has 0 N–H and O–H groups in total. The Morgan fingerprint density at radius 2 is 0.852 bits per heavy atom. The van der Waals surface area contributed by atoms with Crippen LogP contribution in [-0.2, 0) is 5.41 Å². The molecule has 2 heteroatoms. The minimum atomic E-state index is -0.598. The van der Waals surface area contributed by atoms with Gasteiger partial charge in [-0.15, -0.1) is 0 Å². The van der Waals surface area contributed by atoms with Crippen LogP contribution in [0.1, 0.15) is 22.3 Å². The Bertz CT molecular complexity index is 3310. The normalized spacial score (nSPS) is 12.7. The van der Waals surface area contributed by atoms with Gasteiger partial charge in [-0.05, 0) is 115 Å². The second kappa shape index (κ2) is 14.1. The number of hydrogen-bond donors (Lipinski definition) is 0. The number of nitrogens with zero attached hydrogens (tertiary/aromatic N) is 1. The molecule has 1 aliphatic carbocycles. The van der Waals surface area contributed by atoms with Crippen molar-refractivity contribution in [1.29, 1.82) is 0 Å². The van der Waals surface area contributed by atoms with Gasteiger partial charge in [0.2, 0.25) is 0 Å². The average molecular weight is 778 g/mol. The van der Waals surface area contributed by atoms with E-state index in [0.717, 1.165) is 61.3 Å². The van der Waals surface area contributed by atoms with Crippen LogP contribution in [0.2, 0.25) is 0 Å².